The standard InChI is InChI=1S/C15H27NO2/c1-3-12-6-5-7-13(10-12)15(17)14-11-16(4-2)8-9-18-14/h12-14H,3-11H2,1-2H3. The number of morpholine rings is 1. The first kappa shape index (κ1) is 14.0. The van der Waals surface area contributed by atoms with Gasteiger partial charge in [0.2, 0.25) is 0 Å². The Kier molecular flexibility index (Phi) is 5.19. The van der Waals surface area contributed by atoms with Gasteiger partial charge in [-0.2, -0.15) is 0 Å². The van der Waals surface area contributed by atoms with E-state index in [2.05, 4.69) is 18.7 Å². The zero-order valence-electron chi connectivity index (χ0n) is 11.9. The normalized spacial score (nSPS) is 34.4. The first-order valence-corrected chi connectivity index (χ1v) is 7.62. The fourth-order valence-electron chi connectivity index (χ4n) is 3.34. The molecule has 1 aliphatic heterocycles. The molecular formula is C15H27NO2. The summed E-state index contributed by atoms with van der Waals surface area (Å²) in [6, 6.07) is 0. The van der Waals surface area contributed by atoms with Gasteiger partial charge in [-0.05, 0) is 25.3 Å². The molecule has 0 aromatic carbocycles. The molecule has 2 fully saturated rings. The minimum Gasteiger partial charge on any atom is -0.368 e. The zero-order valence-corrected chi connectivity index (χ0v) is 11.9. The van der Waals surface area contributed by atoms with E-state index < -0.39 is 0 Å². The Balaban J connectivity index is 1.89. The Labute approximate surface area is 111 Å². The highest BCUT2D eigenvalue weighted by Crippen LogP contribution is 2.32. The molecule has 3 heteroatoms. The molecule has 0 aromatic rings. The van der Waals surface area contributed by atoms with Gasteiger partial charge in [0.15, 0.2) is 5.78 Å². The van der Waals surface area contributed by atoms with Gasteiger partial charge in [0.25, 0.3) is 0 Å². The fraction of sp³-hybridized carbons (Fsp3) is 0.933. The molecule has 3 unspecified atom stereocenters. The second kappa shape index (κ2) is 6.67. The third kappa shape index (κ3) is 3.33. The number of hydrogen-bond acceptors (Lipinski definition) is 3. The maximum Gasteiger partial charge on any atom is 0.165 e. The van der Waals surface area contributed by atoms with Crippen molar-refractivity contribution in [1.29, 1.82) is 0 Å². The van der Waals surface area contributed by atoms with Gasteiger partial charge in [-0.25, -0.2) is 0 Å². The second-order valence-electron chi connectivity index (χ2n) is 5.79. The van der Waals surface area contributed by atoms with E-state index in [1.165, 1.54) is 19.3 Å². The molecule has 0 radical (unpaired) electrons. The molecular weight excluding hydrogens is 226 g/mol. The topological polar surface area (TPSA) is 29.5 Å². The first-order chi connectivity index (χ1) is 8.74. The lowest BCUT2D eigenvalue weighted by molar-refractivity contribution is -0.141. The minimum atomic E-state index is -0.153. The SMILES string of the molecule is CCC1CCCC(C(=O)C2CN(CC)CCO2)C1. The van der Waals surface area contributed by atoms with Crippen molar-refractivity contribution in [2.45, 2.75) is 52.1 Å². The minimum absolute atomic E-state index is 0.153. The van der Waals surface area contributed by atoms with Crippen LogP contribution in [-0.2, 0) is 9.53 Å². The number of ether oxygens (including phenoxy) is 1. The number of Topliss-reactive ketones (excluding diaryl/α,β-unsaturated/α-hetero) is 1. The summed E-state index contributed by atoms with van der Waals surface area (Å²) in [6.07, 6.45) is 5.78. The molecule has 1 heterocycles. The van der Waals surface area contributed by atoms with E-state index in [1.807, 2.05) is 0 Å². The van der Waals surface area contributed by atoms with Crippen LogP contribution < -0.4 is 0 Å². The van der Waals surface area contributed by atoms with E-state index in [0.717, 1.165) is 38.4 Å². The Hall–Kier alpha value is -0.410. The van der Waals surface area contributed by atoms with Crippen LogP contribution in [-0.4, -0.2) is 43.0 Å². The van der Waals surface area contributed by atoms with Crippen molar-refractivity contribution >= 4 is 5.78 Å². The smallest absolute Gasteiger partial charge is 0.165 e. The molecule has 0 N–H and O–H groups in total. The summed E-state index contributed by atoms with van der Waals surface area (Å²) in [6.45, 7) is 7.92. The largest absolute Gasteiger partial charge is 0.368 e. The monoisotopic (exact) mass is 253 g/mol. The van der Waals surface area contributed by atoms with E-state index in [4.69, 9.17) is 4.74 Å². The fourth-order valence-corrected chi connectivity index (χ4v) is 3.34. The molecule has 2 rings (SSSR count). The lowest BCUT2D eigenvalue weighted by Gasteiger charge is -2.35. The van der Waals surface area contributed by atoms with Crippen LogP contribution in [0.25, 0.3) is 0 Å². The molecule has 0 amide bonds. The van der Waals surface area contributed by atoms with E-state index in [-0.39, 0.29) is 12.0 Å². The van der Waals surface area contributed by atoms with Crippen molar-refractivity contribution in [2.24, 2.45) is 11.8 Å². The van der Waals surface area contributed by atoms with Crippen LogP contribution >= 0.6 is 0 Å². The van der Waals surface area contributed by atoms with Crippen molar-refractivity contribution in [3.8, 4) is 0 Å². The molecule has 104 valence electrons. The molecule has 0 aromatic heterocycles. The molecule has 18 heavy (non-hydrogen) atoms. The average molecular weight is 253 g/mol. The summed E-state index contributed by atoms with van der Waals surface area (Å²) < 4.78 is 5.70. The molecule has 1 saturated carbocycles. The summed E-state index contributed by atoms with van der Waals surface area (Å²) in [5.41, 5.74) is 0. The molecule has 1 saturated heterocycles. The maximum absolute atomic E-state index is 12.5. The van der Waals surface area contributed by atoms with Gasteiger partial charge >= 0.3 is 0 Å². The third-order valence-electron chi connectivity index (χ3n) is 4.68. The van der Waals surface area contributed by atoms with Gasteiger partial charge in [-0.1, -0.05) is 33.1 Å². The molecule has 2 aliphatic rings. The molecule has 0 spiro atoms. The molecule has 0 bridgehead atoms. The van der Waals surface area contributed by atoms with E-state index >= 15 is 0 Å². The van der Waals surface area contributed by atoms with E-state index in [0.29, 0.717) is 12.4 Å². The van der Waals surface area contributed by atoms with Crippen molar-refractivity contribution < 1.29 is 9.53 Å². The quantitative estimate of drug-likeness (QED) is 0.771. The highest BCUT2D eigenvalue weighted by molar-refractivity contribution is 5.85. The average Bonchev–Trinajstić information content (AvgIpc) is 2.46. The number of hydrogen-bond donors (Lipinski definition) is 0. The summed E-state index contributed by atoms with van der Waals surface area (Å²) in [5.74, 6) is 1.41. The van der Waals surface area contributed by atoms with Crippen LogP contribution in [0.1, 0.15) is 46.0 Å². The second-order valence-corrected chi connectivity index (χ2v) is 5.79. The first-order valence-electron chi connectivity index (χ1n) is 7.62. The maximum atomic E-state index is 12.5. The van der Waals surface area contributed by atoms with Crippen LogP contribution in [0.2, 0.25) is 0 Å². The number of likely N-dealkylation sites (N-methyl/N-ethyl adjacent to an activating group) is 1. The molecule has 1 aliphatic carbocycles. The summed E-state index contributed by atoms with van der Waals surface area (Å²) in [4.78, 5) is 14.9. The lowest BCUT2D eigenvalue weighted by atomic mass is 9.77. The summed E-state index contributed by atoms with van der Waals surface area (Å²) >= 11 is 0. The Morgan fingerprint density at radius 2 is 2.17 bits per heavy atom. The number of rotatable bonds is 4. The summed E-state index contributed by atoms with van der Waals surface area (Å²) in [5, 5.41) is 0. The number of carbonyl (C=O) groups is 1. The predicted molar refractivity (Wildman–Crippen MR) is 72.6 cm³/mol. The van der Waals surface area contributed by atoms with Gasteiger partial charge in [0.05, 0.1) is 6.61 Å². The lowest BCUT2D eigenvalue weighted by Crippen LogP contribution is -2.48. The number of carbonyl (C=O) groups excluding carboxylic acids is 1. The van der Waals surface area contributed by atoms with Crippen LogP contribution in [0.3, 0.4) is 0 Å². The van der Waals surface area contributed by atoms with Crippen molar-refractivity contribution in [2.75, 3.05) is 26.2 Å². The Bertz CT molecular complexity index is 254. The number of ketones is 1. The van der Waals surface area contributed by atoms with Gasteiger partial charge in [0.1, 0.15) is 6.10 Å². The van der Waals surface area contributed by atoms with Gasteiger partial charge in [-0.15, -0.1) is 0 Å². The third-order valence-corrected chi connectivity index (χ3v) is 4.68. The Morgan fingerprint density at radius 1 is 1.33 bits per heavy atom. The van der Waals surface area contributed by atoms with Crippen molar-refractivity contribution in [3.05, 3.63) is 0 Å². The van der Waals surface area contributed by atoms with Gasteiger partial charge in [0, 0.05) is 19.0 Å². The zero-order chi connectivity index (χ0) is 13.0. The highest BCUT2D eigenvalue weighted by atomic mass is 16.5. The summed E-state index contributed by atoms with van der Waals surface area (Å²) in [7, 11) is 0. The van der Waals surface area contributed by atoms with E-state index in [1.54, 1.807) is 0 Å². The van der Waals surface area contributed by atoms with Gasteiger partial charge < -0.3 is 4.74 Å². The number of nitrogens with zero attached hydrogens (tertiary/aromatic N) is 1. The molecule has 3 atom stereocenters. The molecule has 3 nitrogen and oxygen atoms in total. The van der Waals surface area contributed by atoms with Crippen LogP contribution in [0.15, 0.2) is 0 Å². The van der Waals surface area contributed by atoms with Crippen LogP contribution in [0.5, 0.6) is 0 Å². The van der Waals surface area contributed by atoms with Gasteiger partial charge in [-0.3, -0.25) is 9.69 Å². The van der Waals surface area contributed by atoms with Crippen LogP contribution in [0.4, 0.5) is 0 Å². The van der Waals surface area contributed by atoms with Crippen LogP contribution in [0, 0.1) is 11.8 Å². The predicted octanol–water partition coefficient (Wildman–Crippen LogP) is 2.49. The highest BCUT2D eigenvalue weighted by Gasteiger charge is 2.33. The van der Waals surface area contributed by atoms with Crippen molar-refractivity contribution in [3.63, 3.8) is 0 Å². The Morgan fingerprint density at radius 3 is 2.89 bits per heavy atom. The van der Waals surface area contributed by atoms with E-state index in [9.17, 15) is 4.79 Å². The van der Waals surface area contributed by atoms with Crippen molar-refractivity contribution in [1.82, 2.24) is 4.90 Å².